The fourth-order valence-electron chi connectivity index (χ4n) is 2.27. The SMILES string of the molecule is COc1ccc(OC)c(CSc2nnc3ccc(C(F)(F)F)cn23)c1. The molecule has 5 nitrogen and oxygen atoms in total. The molecular weight excluding hydrogens is 355 g/mol. The van der Waals surface area contributed by atoms with Gasteiger partial charge in [-0.2, -0.15) is 13.2 Å². The van der Waals surface area contributed by atoms with Crippen LogP contribution in [0.4, 0.5) is 13.2 Å². The summed E-state index contributed by atoms with van der Waals surface area (Å²) in [7, 11) is 3.11. The molecule has 0 amide bonds. The minimum absolute atomic E-state index is 0.355. The average molecular weight is 369 g/mol. The highest BCUT2D eigenvalue weighted by Gasteiger charge is 2.31. The third-order valence-electron chi connectivity index (χ3n) is 3.54. The first-order valence-corrected chi connectivity index (χ1v) is 8.16. The van der Waals surface area contributed by atoms with E-state index in [4.69, 9.17) is 9.47 Å². The largest absolute Gasteiger partial charge is 0.497 e. The number of benzene rings is 1. The second kappa shape index (κ2) is 6.83. The molecule has 0 fully saturated rings. The summed E-state index contributed by atoms with van der Waals surface area (Å²) in [6.07, 6.45) is -3.42. The van der Waals surface area contributed by atoms with Gasteiger partial charge in [-0.1, -0.05) is 11.8 Å². The summed E-state index contributed by atoms with van der Waals surface area (Å²) in [5, 5.41) is 8.23. The first-order valence-electron chi connectivity index (χ1n) is 7.18. The van der Waals surface area contributed by atoms with Crippen LogP contribution in [0.1, 0.15) is 11.1 Å². The van der Waals surface area contributed by atoms with E-state index in [1.165, 1.54) is 22.2 Å². The lowest BCUT2D eigenvalue weighted by Crippen LogP contribution is -2.06. The maximum atomic E-state index is 12.9. The van der Waals surface area contributed by atoms with Crippen molar-refractivity contribution in [1.82, 2.24) is 14.6 Å². The second-order valence-electron chi connectivity index (χ2n) is 5.09. The normalized spacial score (nSPS) is 11.7. The maximum Gasteiger partial charge on any atom is 0.417 e. The molecule has 0 saturated carbocycles. The molecule has 0 bridgehead atoms. The second-order valence-corrected chi connectivity index (χ2v) is 6.04. The van der Waals surface area contributed by atoms with Crippen molar-refractivity contribution >= 4 is 17.4 Å². The number of halogens is 3. The third-order valence-corrected chi connectivity index (χ3v) is 4.53. The van der Waals surface area contributed by atoms with Gasteiger partial charge in [0.05, 0.1) is 19.8 Å². The Morgan fingerprint density at radius 3 is 2.56 bits per heavy atom. The molecule has 0 atom stereocenters. The summed E-state index contributed by atoms with van der Waals surface area (Å²) >= 11 is 1.26. The van der Waals surface area contributed by atoms with E-state index < -0.39 is 11.7 Å². The van der Waals surface area contributed by atoms with E-state index in [0.717, 1.165) is 17.8 Å². The number of thioether (sulfide) groups is 1. The fraction of sp³-hybridized carbons (Fsp3) is 0.250. The van der Waals surface area contributed by atoms with Crippen molar-refractivity contribution in [2.45, 2.75) is 17.1 Å². The lowest BCUT2D eigenvalue weighted by molar-refractivity contribution is -0.137. The number of methoxy groups -OCH3 is 2. The van der Waals surface area contributed by atoms with Gasteiger partial charge in [-0.3, -0.25) is 4.40 Å². The van der Waals surface area contributed by atoms with Crippen LogP contribution >= 0.6 is 11.8 Å². The monoisotopic (exact) mass is 369 g/mol. The van der Waals surface area contributed by atoms with E-state index in [1.54, 1.807) is 26.4 Å². The van der Waals surface area contributed by atoms with E-state index in [1.807, 2.05) is 6.07 Å². The Morgan fingerprint density at radius 2 is 1.88 bits per heavy atom. The van der Waals surface area contributed by atoms with E-state index in [9.17, 15) is 13.2 Å². The van der Waals surface area contributed by atoms with Crippen LogP contribution in [0.25, 0.3) is 5.65 Å². The molecular formula is C16H14F3N3O2S. The number of rotatable bonds is 5. The third kappa shape index (κ3) is 3.65. The molecule has 9 heteroatoms. The van der Waals surface area contributed by atoms with Crippen LogP contribution in [0.2, 0.25) is 0 Å². The molecule has 0 aliphatic carbocycles. The molecule has 1 aromatic carbocycles. The standard InChI is InChI=1S/C16H14F3N3O2S/c1-23-12-4-5-13(24-2)10(7-12)9-25-15-21-20-14-6-3-11(8-22(14)15)16(17,18)19/h3-8H,9H2,1-2H3. The molecule has 3 aromatic rings. The number of nitrogens with zero attached hydrogens (tertiary/aromatic N) is 3. The number of pyridine rings is 1. The molecule has 25 heavy (non-hydrogen) atoms. The number of aromatic nitrogens is 3. The summed E-state index contributed by atoms with van der Waals surface area (Å²) in [5.74, 6) is 1.78. The van der Waals surface area contributed by atoms with Gasteiger partial charge in [-0.25, -0.2) is 0 Å². The first-order chi connectivity index (χ1) is 11.9. The number of hydrogen-bond acceptors (Lipinski definition) is 5. The summed E-state index contributed by atoms with van der Waals surface area (Å²) in [5.41, 5.74) is 0.448. The van der Waals surface area contributed by atoms with Gasteiger partial charge in [0.1, 0.15) is 11.5 Å². The number of alkyl halides is 3. The topological polar surface area (TPSA) is 48.7 Å². The summed E-state index contributed by atoms with van der Waals surface area (Å²) in [4.78, 5) is 0. The Labute approximate surface area is 145 Å². The minimum atomic E-state index is -4.42. The van der Waals surface area contributed by atoms with Gasteiger partial charge in [-0.05, 0) is 30.3 Å². The number of fused-ring (bicyclic) bond motifs is 1. The highest BCUT2D eigenvalue weighted by Crippen LogP contribution is 2.32. The van der Waals surface area contributed by atoms with E-state index in [0.29, 0.717) is 28.1 Å². The number of hydrogen-bond donors (Lipinski definition) is 0. The predicted molar refractivity (Wildman–Crippen MR) is 87.1 cm³/mol. The van der Waals surface area contributed by atoms with Gasteiger partial charge in [0.15, 0.2) is 10.8 Å². The van der Waals surface area contributed by atoms with Gasteiger partial charge in [-0.15, -0.1) is 10.2 Å². The van der Waals surface area contributed by atoms with Crippen molar-refractivity contribution in [1.29, 1.82) is 0 Å². The van der Waals surface area contributed by atoms with Crippen molar-refractivity contribution in [3.8, 4) is 11.5 Å². The van der Waals surface area contributed by atoms with Crippen LogP contribution in [0, 0.1) is 0 Å². The molecule has 0 unspecified atom stereocenters. The van der Waals surface area contributed by atoms with Crippen molar-refractivity contribution < 1.29 is 22.6 Å². The smallest absolute Gasteiger partial charge is 0.417 e. The molecule has 0 radical (unpaired) electrons. The van der Waals surface area contributed by atoms with Gasteiger partial charge < -0.3 is 9.47 Å². The van der Waals surface area contributed by atoms with Crippen molar-refractivity contribution in [2.24, 2.45) is 0 Å². The fourth-order valence-corrected chi connectivity index (χ4v) is 3.17. The van der Waals surface area contributed by atoms with Gasteiger partial charge in [0, 0.05) is 17.5 Å². The predicted octanol–water partition coefficient (Wildman–Crippen LogP) is 4.06. The minimum Gasteiger partial charge on any atom is -0.497 e. The molecule has 0 spiro atoms. The molecule has 0 saturated heterocycles. The molecule has 3 rings (SSSR count). The van der Waals surface area contributed by atoms with Crippen molar-refractivity contribution in [3.05, 3.63) is 47.7 Å². The average Bonchev–Trinajstić information content (AvgIpc) is 3.01. The van der Waals surface area contributed by atoms with Crippen LogP contribution in [-0.4, -0.2) is 28.8 Å². The van der Waals surface area contributed by atoms with Crippen LogP contribution < -0.4 is 9.47 Å². The Hall–Kier alpha value is -2.42. The summed E-state index contributed by atoms with van der Waals surface area (Å²) < 4.78 is 50.5. The molecule has 0 N–H and O–H groups in total. The van der Waals surface area contributed by atoms with Crippen molar-refractivity contribution in [3.63, 3.8) is 0 Å². The van der Waals surface area contributed by atoms with Gasteiger partial charge >= 0.3 is 6.18 Å². The molecule has 132 valence electrons. The zero-order chi connectivity index (χ0) is 18.0. The Bertz CT molecular complexity index is 896. The van der Waals surface area contributed by atoms with E-state index in [-0.39, 0.29) is 0 Å². The van der Waals surface area contributed by atoms with E-state index in [2.05, 4.69) is 10.2 Å². The lowest BCUT2D eigenvalue weighted by Gasteiger charge is -2.10. The quantitative estimate of drug-likeness (QED) is 0.635. The van der Waals surface area contributed by atoms with Crippen LogP contribution in [-0.2, 0) is 11.9 Å². The Balaban J connectivity index is 1.89. The zero-order valence-electron chi connectivity index (χ0n) is 13.4. The Kier molecular flexibility index (Phi) is 4.76. The lowest BCUT2D eigenvalue weighted by atomic mass is 10.2. The van der Waals surface area contributed by atoms with Gasteiger partial charge in [0.2, 0.25) is 0 Å². The maximum absolute atomic E-state index is 12.9. The van der Waals surface area contributed by atoms with E-state index >= 15 is 0 Å². The summed E-state index contributed by atoms with van der Waals surface area (Å²) in [6, 6.07) is 7.65. The first kappa shape index (κ1) is 17.4. The highest BCUT2D eigenvalue weighted by molar-refractivity contribution is 7.98. The van der Waals surface area contributed by atoms with Crippen LogP contribution in [0.5, 0.6) is 11.5 Å². The summed E-state index contributed by atoms with van der Waals surface area (Å²) in [6.45, 7) is 0. The molecule has 0 aliphatic rings. The molecule has 0 aliphatic heterocycles. The van der Waals surface area contributed by atoms with Gasteiger partial charge in [0.25, 0.3) is 0 Å². The van der Waals surface area contributed by atoms with Crippen LogP contribution in [0.15, 0.2) is 41.7 Å². The Morgan fingerprint density at radius 1 is 1.08 bits per heavy atom. The zero-order valence-corrected chi connectivity index (χ0v) is 14.2. The molecule has 2 heterocycles. The van der Waals surface area contributed by atoms with Crippen molar-refractivity contribution in [2.75, 3.05) is 14.2 Å². The van der Waals surface area contributed by atoms with Crippen LogP contribution in [0.3, 0.4) is 0 Å². The molecule has 2 aromatic heterocycles. The number of ether oxygens (including phenoxy) is 2. The highest BCUT2D eigenvalue weighted by atomic mass is 32.2.